The minimum Gasteiger partial charge on any atom is -0.380 e. The Morgan fingerprint density at radius 1 is 1.33 bits per heavy atom. The molecule has 0 aliphatic rings. The highest BCUT2D eigenvalue weighted by molar-refractivity contribution is 9.10. The largest absolute Gasteiger partial charge is 0.380 e. The van der Waals surface area contributed by atoms with Crippen molar-refractivity contribution in [2.45, 2.75) is 26.8 Å². The summed E-state index contributed by atoms with van der Waals surface area (Å²) in [5, 5.41) is 3.27. The van der Waals surface area contributed by atoms with Crippen molar-refractivity contribution in [1.29, 1.82) is 0 Å². The van der Waals surface area contributed by atoms with Gasteiger partial charge in [0.1, 0.15) is 5.82 Å². The third kappa shape index (κ3) is 6.47. The van der Waals surface area contributed by atoms with Crippen LogP contribution in [0.25, 0.3) is 0 Å². The van der Waals surface area contributed by atoms with E-state index < -0.39 is 0 Å². The second-order valence-corrected chi connectivity index (χ2v) is 5.57. The van der Waals surface area contributed by atoms with Crippen LogP contribution in [0.15, 0.2) is 22.7 Å². The monoisotopic (exact) mass is 317 g/mol. The van der Waals surface area contributed by atoms with Crippen molar-refractivity contribution in [3.05, 3.63) is 34.1 Å². The highest BCUT2D eigenvalue weighted by Crippen LogP contribution is 2.16. The Labute approximate surface area is 117 Å². The predicted molar refractivity (Wildman–Crippen MR) is 76.1 cm³/mol. The summed E-state index contributed by atoms with van der Waals surface area (Å²) in [6.07, 6.45) is 1.10. The first-order chi connectivity index (χ1) is 8.59. The van der Waals surface area contributed by atoms with Crippen LogP contribution in [0.2, 0.25) is 0 Å². The van der Waals surface area contributed by atoms with Crippen molar-refractivity contribution < 1.29 is 9.13 Å². The maximum absolute atomic E-state index is 13.0. The topological polar surface area (TPSA) is 21.3 Å². The third-order valence-corrected chi connectivity index (χ3v) is 3.18. The van der Waals surface area contributed by atoms with Gasteiger partial charge in [-0.1, -0.05) is 19.9 Å². The second kappa shape index (κ2) is 8.62. The lowest BCUT2D eigenvalue weighted by Gasteiger charge is -2.08. The van der Waals surface area contributed by atoms with Crippen molar-refractivity contribution in [1.82, 2.24) is 5.32 Å². The van der Waals surface area contributed by atoms with E-state index in [1.807, 2.05) is 0 Å². The summed E-state index contributed by atoms with van der Waals surface area (Å²) < 4.78 is 19.0. The van der Waals surface area contributed by atoms with Crippen LogP contribution < -0.4 is 5.32 Å². The van der Waals surface area contributed by atoms with Crippen molar-refractivity contribution in [2.24, 2.45) is 5.92 Å². The smallest absolute Gasteiger partial charge is 0.137 e. The Balaban J connectivity index is 2.09. The van der Waals surface area contributed by atoms with Gasteiger partial charge >= 0.3 is 0 Å². The minimum atomic E-state index is -0.226. The van der Waals surface area contributed by atoms with Gasteiger partial charge in [0.2, 0.25) is 0 Å². The van der Waals surface area contributed by atoms with Gasteiger partial charge in [-0.15, -0.1) is 0 Å². The maximum Gasteiger partial charge on any atom is 0.137 e. The highest BCUT2D eigenvalue weighted by atomic mass is 79.9. The molecule has 0 unspecified atom stereocenters. The standard InChI is InChI=1S/C14H21BrFNO/c1-11(2)5-7-18-8-6-17-10-12-3-4-14(16)13(15)9-12/h3-4,9,11,17H,5-8,10H2,1-2H3. The Hall–Kier alpha value is -0.450. The number of hydrogen-bond acceptors (Lipinski definition) is 2. The molecule has 18 heavy (non-hydrogen) atoms. The zero-order valence-corrected chi connectivity index (χ0v) is 12.6. The normalized spacial score (nSPS) is 11.2. The van der Waals surface area contributed by atoms with Crippen LogP contribution in [-0.2, 0) is 11.3 Å². The lowest BCUT2D eigenvalue weighted by atomic mass is 10.1. The lowest BCUT2D eigenvalue weighted by molar-refractivity contribution is 0.125. The SMILES string of the molecule is CC(C)CCOCCNCc1ccc(F)c(Br)c1. The summed E-state index contributed by atoms with van der Waals surface area (Å²) in [5.41, 5.74) is 1.06. The molecule has 0 atom stereocenters. The van der Waals surface area contributed by atoms with Gasteiger partial charge in [0.05, 0.1) is 11.1 Å². The van der Waals surface area contributed by atoms with Gasteiger partial charge in [0.15, 0.2) is 0 Å². The minimum absolute atomic E-state index is 0.226. The number of hydrogen-bond donors (Lipinski definition) is 1. The van der Waals surface area contributed by atoms with Gasteiger partial charge in [0.25, 0.3) is 0 Å². The van der Waals surface area contributed by atoms with E-state index in [9.17, 15) is 4.39 Å². The Morgan fingerprint density at radius 3 is 2.78 bits per heavy atom. The Morgan fingerprint density at radius 2 is 2.11 bits per heavy atom. The average molecular weight is 318 g/mol. The average Bonchev–Trinajstić information content (AvgIpc) is 2.32. The first kappa shape index (κ1) is 15.6. The van der Waals surface area contributed by atoms with Crippen molar-refractivity contribution >= 4 is 15.9 Å². The molecular formula is C14H21BrFNO. The third-order valence-electron chi connectivity index (χ3n) is 2.58. The molecule has 0 spiro atoms. The summed E-state index contributed by atoms with van der Waals surface area (Å²) in [5.74, 6) is 0.463. The molecule has 1 N–H and O–H groups in total. The van der Waals surface area contributed by atoms with Gasteiger partial charge in [-0.2, -0.15) is 0 Å². The molecule has 4 heteroatoms. The molecule has 2 nitrogen and oxygen atoms in total. The molecule has 0 fully saturated rings. The summed E-state index contributed by atoms with van der Waals surface area (Å²) in [7, 11) is 0. The highest BCUT2D eigenvalue weighted by Gasteiger charge is 2.00. The van der Waals surface area contributed by atoms with E-state index in [0.717, 1.165) is 38.3 Å². The number of nitrogens with one attached hydrogen (secondary N) is 1. The summed E-state index contributed by atoms with van der Waals surface area (Å²) >= 11 is 3.18. The summed E-state index contributed by atoms with van der Waals surface area (Å²) in [6.45, 7) is 7.46. The van der Waals surface area contributed by atoms with Crippen LogP contribution in [0, 0.1) is 11.7 Å². The fourth-order valence-electron chi connectivity index (χ4n) is 1.45. The molecule has 1 aromatic rings. The molecule has 1 aromatic carbocycles. The molecule has 0 aliphatic heterocycles. The van der Waals surface area contributed by atoms with Crippen LogP contribution in [-0.4, -0.2) is 19.8 Å². The molecule has 0 aromatic heterocycles. The zero-order chi connectivity index (χ0) is 13.4. The first-order valence-electron chi connectivity index (χ1n) is 6.32. The molecule has 0 bridgehead atoms. The Kier molecular flexibility index (Phi) is 7.47. The van der Waals surface area contributed by atoms with E-state index >= 15 is 0 Å². The number of benzene rings is 1. The number of ether oxygens (including phenoxy) is 1. The molecule has 0 heterocycles. The number of halogens is 2. The lowest BCUT2D eigenvalue weighted by Crippen LogP contribution is -2.19. The van der Waals surface area contributed by atoms with Gasteiger partial charge in [-0.3, -0.25) is 0 Å². The zero-order valence-electron chi connectivity index (χ0n) is 11.0. The van der Waals surface area contributed by atoms with Gasteiger partial charge in [-0.25, -0.2) is 4.39 Å². The van der Waals surface area contributed by atoms with E-state index in [2.05, 4.69) is 35.1 Å². The Bertz CT molecular complexity index is 358. The van der Waals surface area contributed by atoms with Crippen molar-refractivity contribution in [3.63, 3.8) is 0 Å². The molecule has 0 saturated carbocycles. The van der Waals surface area contributed by atoms with Crippen LogP contribution >= 0.6 is 15.9 Å². The molecular weight excluding hydrogens is 297 g/mol. The predicted octanol–water partition coefficient (Wildman–Crippen LogP) is 3.74. The van der Waals surface area contributed by atoms with Gasteiger partial charge in [-0.05, 0) is 46.0 Å². The molecule has 102 valence electrons. The molecule has 0 aliphatic carbocycles. The van der Waals surface area contributed by atoms with Gasteiger partial charge in [0, 0.05) is 19.7 Å². The number of rotatable bonds is 8. The van der Waals surface area contributed by atoms with E-state index in [-0.39, 0.29) is 5.82 Å². The second-order valence-electron chi connectivity index (χ2n) is 4.72. The fraction of sp³-hybridized carbons (Fsp3) is 0.571. The van der Waals surface area contributed by atoms with Crippen LogP contribution in [0.3, 0.4) is 0 Å². The summed E-state index contributed by atoms with van der Waals surface area (Å²) in [4.78, 5) is 0. The van der Waals surface area contributed by atoms with Crippen LogP contribution in [0.4, 0.5) is 4.39 Å². The van der Waals surface area contributed by atoms with Crippen molar-refractivity contribution in [3.8, 4) is 0 Å². The fourth-order valence-corrected chi connectivity index (χ4v) is 1.87. The van der Waals surface area contributed by atoms with Crippen LogP contribution in [0.1, 0.15) is 25.8 Å². The molecule has 0 amide bonds. The van der Waals surface area contributed by atoms with E-state index in [4.69, 9.17) is 4.74 Å². The van der Waals surface area contributed by atoms with E-state index in [0.29, 0.717) is 10.4 Å². The quantitative estimate of drug-likeness (QED) is 0.737. The maximum atomic E-state index is 13.0. The van der Waals surface area contributed by atoms with Crippen LogP contribution in [0.5, 0.6) is 0 Å². The molecule has 1 rings (SSSR count). The van der Waals surface area contributed by atoms with Crippen molar-refractivity contribution in [2.75, 3.05) is 19.8 Å². The van der Waals surface area contributed by atoms with Gasteiger partial charge < -0.3 is 10.1 Å². The molecule has 0 saturated heterocycles. The summed E-state index contributed by atoms with van der Waals surface area (Å²) in [6, 6.07) is 5.05. The molecule has 0 radical (unpaired) electrons. The first-order valence-corrected chi connectivity index (χ1v) is 7.11. The van der Waals surface area contributed by atoms with E-state index in [1.165, 1.54) is 6.07 Å². The van der Waals surface area contributed by atoms with E-state index in [1.54, 1.807) is 12.1 Å².